The summed E-state index contributed by atoms with van der Waals surface area (Å²) in [7, 11) is 0. The van der Waals surface area contributed by atoms with Crippen molar-refractivity contribution in [3.05, 3.63) is 55.7 Å². The van der Waals surface area contributed by atoms with Gasteiger partial charge in [-0.1, -0.05) is 13.0 Å². The van der Waals surface area contributed by atoms with Gasteiger partial charge in [0.25, 0.3) is 0 Å². The van der Waals surface area contributed by atoms with Crippen LogP contribution < -0.4 is 5.32 Å². The molecule has 0 radical (unpaired) electrons. The van der Waals surface area contributed by atoms with E-state index in [1.807, 2.05) is 19.9 Å². The van der Waals surface area contributed by atoms with E-state index in [4.69, 9.17) is 0 Å². The summed E-state index contributed by atoms with van der Waals surface area (Å²) in [6, 6.07) is 5.45. The van der Waals surface area contributed by atoms with E-state index in [-0.39, 0.29) is 6.04 Å². The van der Waals surface area contributed by atoms with Crippen LogP contribution in [0.3, 0.4) is 0 Å². The Hall–Kier alpha value is -0.780. The summed E-state index contributed by atoms with van der Waals surface area (Å²) in [6.07, 6.45) is 0. The van der Waals surface area contributed by atoms with E-state index in [1.54, 1.807) is 11.3 Å². The Labute approximate surface area is 123 Å². The van der Waals surface area contributed by atoms with Crippen LogP contribution in [-0.4, -0.2) is 6.54 Å². The highest BCUT2D eigenvalue weighted by atomic mass is 79.9. The van der Waals surface area contributed by atoms with Gasteiger partial charge in [0.1, 0.15) is 11.6 Å². The molecule has 2 rings (SSSR count). The molecule has 0 amide bonds. The quantitative estimate of drug-likeness (QED) is 0.839. The maximum Gasteiger partial charge on any atom is 0.131 e. The van der Waals surface area contributed by atoms with Crippen molar-refractivity contribution in [2.24, 2.45) is 0 Å². The highest BCUT2D eigenvalue weighted by Gasteiger charge is 2.21. The minimum Gasteiger partial charge on any atom is -0.306 e. The molecule has 0 aliphatic heterocycles. The van der Waals surface area contributed by atoms with Crippen LogP contribution in [0.15, 0.2) is 28.7 Å². The zero-order chi connectivity index (χ0) is 14.0. The fourth-order valence-electron chi connectivity index (χ4n) is 1.98. The highest BCUT2D eigenvalue weighted by Crippen LogP contribution is 2.36. The Bertz CT molecular complexity index is 583. The van der Waals surface area contributed by atoms with Gasteiger partial charge in [0, 0.05) is 25.9 Å². The number of hydrogen-bond donors (Lipinski definition) is 1. The average molecular weight is 346 g/mol. The first kappa shape index (κ1) is 14.6. The molecule has 0 saturated heterocycles. The first-order chi connectivity index (χ1) is 9.02. The smallest absolute Gasteiger partial charge is 0.131 e. The fourth-order valence-corrected chi connectivity index (χ4v) is 3.96. The molecule has 0 aliphatic carbocycles. The number of nitrogens with one attached hydrogen (secondary N) is 1. The summed E-state index contributed by atoms with van der Waals surface area (Å²) < 4.78 is 27.9. The maximum atomic E-state index is 14.0. The van der Waals surface area contributed by atoms with Gasteiger partial charge < -0.3 is 5.32 Å². The molecule has 1 unspecified atom stereocenters. The van der Waals surface area contributed by atoms with Gasteiger partial charge in [-0.25, -0.2) is 8.78 Å². The van der Waals surface area contributed by atoms with Crippen LogP contribution in [0.1, 0.15) is 28.3 Å². The summed E-state index contributed by atoms with van der Waals surface area (Å²) >= 11 is 5.10. The van der Waals surface area contributed by atoms with Gasteiger partial charge in [-0.15, -0.1) is 11.3 Å². The van der Waals surface area contributed by atoms with Crippen molar-refractivity contribution in [3.8, 4) is 0 Å². The molecule has 0 saturated carbocycles. The van der Waals surface area contributed by atoms with Crippen LogP contribution in [0, 0.1) is 18.6 Å². The molecule has 1 aromatic carbocycles. The van der Waals surface area contributed by atoms with Gasteiger partial charge in [0.15, 0.2) is 0 Å². The third-order valence-electron chi connectivity index (χ3n) is 2.78. The number of rotatable bonds is 4. The molecule has 1 aromatic heterocycles. The van der Waals surface area contributed by atoms with E-state index in [0.29, 0.717) is 12.1 Å². The average Bonchev–Trinajstić information content (AvgIpc) is 2.66. The van der Waals surface area contributed by atoms with Gasteiger partial charge in [0.2, 0.25) is 0 Å². The zero-order valence-electron chi connectivity index (χ0n) is 10.6. The molecule has 1 atom stereocenters. The molecule has 1 N–H and O–H groups in total. The lowest BCUT2D eigenvalue weighted by Crippen LogP contribution is -2.22. The number of halogens is 3. The Kier molecular flexibility index (Phi) is 4.71. The predicted octanol–water partition coefficient (Wildman–Crippen LogP) is 4.80. The maximum absolute atomic E-state index is 14.0. The lowest BCUT2D eigenvalue weighted by Gasteiger charge is -2.18. The number of aryl methyl sites for hydroxylation is 1. The highest BCUT2D eigenvalue weighted by molar-refractivity contribution is 9.10. The first-order valence-electron chi connectivity index (χ1n) is 5.97. The van der Waals surface area contributed by atoms with Gasteiger partial charge in [0.05, 0.1) is 6.04 Å². The monoisotopic (exact) mass is 345 g/mol. The van der Waals surface area contributed by atoms with Crippen molar-refractivity contribution < 1.29 is 8.78 Å². The predicted molar refractivity (Wildman–Crippen MR) is 78.6 cm³/mol. The summed E-state index contributed by atoms with van der Waals surface area (Å²) in [6.45, 7) is 4.66. The number of hydrogen-bond acceptors (Lipinski definition) is 2. The molecule has 0 bridgehead atoms. The molecule has 0 aliphatic rings. The van der Waals surface area contributed by atoms with Crippen molar-refractivity contribution in [1.82, 2.24) is 5.32 Å². The summed E-state index contributed by atoms with van der Waals surface area (Å²) in [5, 5.41) is 3.25. The minimum atomic E-state index is -0.557. The molecule has 2 aromatic rings. The lowest BCUT2D eigenvalue weighted by atomic mass is 10.0. The van der Waals surface area contributed by atoms with E-state index >= 15 is 0 Å². The Morgan fingerprint density at radius 2 is 2.05 bits per heavy atom. The fraction of sp³-hybridized carbons (Fsp3) is 0.286. The number of benzene rings is 1. The minimum absolute atomic E-state index is 0.265. The van der Waals surface area contributed by atoms with Crippen LogP contribution >= 0.6 is 27.3 Å². The lowest BCUT2D eigenvalue weighted by molar-refractivity contribution is 0.543. The van der Waals surface area contributed by atoms with E-state index in [2.05, 4.69) is 21.2 Å². The largest absolute Gasteiger partial charge is 0.306 e. The van der Waals surface area contributed by atoms with Gasteiger partial charge in [-0.2, -0.15) is 0 Å². The van der Waals surface area contributed by atoms with Crippen LogP contribution in [0.4, 0.5) is 8.78 Å². The summed E-state index contributed by atoms with van der Waals surface area (Å²) in [5.41, 5.74) is 0.464. The van der Waals surface area contributed by atoms with Crippen LogP contribution in [-0.2, 0) is 0 Å². The van der Waals surface area contributed by atoms with Crippen LogP contribution in [0.5, 0.6) is 0 Å². The van der Waals surface area contributed by atoms with Crippen molar-refractivity contribution in [2.45, 2.75) is 19.9 Å². The van der Waals surface area contributed by atoms with Crippen LogP contribution in [0.2, 0.25) is 0 Å². The second-order valence-electron chi connectivity index (χ2n) is 4.23. The standard InChI is InChI=1S/C14H14BrF2NS/c1-3-18-13(14-11(15)6-8(2)19-14)10-5-4-9(16)7-12(10)17/h4-7,13,18H,3H2,1-2H3. The van der Waals surface area contributed by atoms with Crippen LogP contribution in [0.25, 0.3) is 0 Å². The first-order valence-corrected chi connectivity index (χ1v) is 7.58. The second kappa shape index (κ2) is 6.11. The zero-order valence-corrected chi connectivity index (χ0v) is 13.0. The van der Waals surface area contributed by atoms with E-state index in [1.165, 1.54) is 12.1 Å². The van der Waals surface area contributed by atoms with Crippen molar-refractivity contribution in [2.75, 3.05) is 6.54 Å². The molecule has 5 heteroatoms. The summed E-state index contributed by atoms with van der Waals surface area (Å²) in [4.78, 5) is 2.15. The normalized spacial score (nSPS) is 12.7. The molecule has 0 spiro atoms. The topological polar surface area (TPSA) is 12.0 Å². The second-order valence-corrected chi connectivity index (χ2v) is 6.37. The van der Waals surface area contributed by atoms with Crippen molar-refractivity contribution in [1.29, 1.82) is 0 Å². The third kappa shape index (κ3) is 3.22. The van der Waals surface area contributed by atoms with E-state index < -0.39 is 11.6 Å². The Morgan fingerprint density at radius 3 is 2.58 bits per heavy atom. The van der Waals surface area contributed by atoms with E-state index in [9.17, 15) is 8.78 Å². The molecular formula is C14H14BrF2NS. The van der Waals surface area contributed by atoms with Crippen molar-refractivity contribution in [3.63, 3.8) is 0 Å². The van der Waals surface area contributed by atoms with Gasteiger partial charge in [-0.3, -0.25) is 0 Å². The van der Waals surface area contributed by atoms with Gasteiger partial charge >= 0.3 is 0 Å². The molecule has 19 heavy (non-hydrogen) atoms. The molecule has 1 heterocycles. The number of thiophene rings is 1. The van der Waals surface area contributed by atoms with Gasteiger partial charge in [-0.05, 0) is 41.5 Å². The Morgan fingerprint density at radius 1 is 1.32 bits per heavy atom. The Balaban J connectivity index is 2.48. The molecule has 1 nitrogen and oxygen atoms in total. The summed E-state index contributed by atoms with van der Waals surface area (Å²) in [5.74, 6) is -1.08. The third-order valence-corrected chi connectivity index (χ3v) is 4.81. The molecular weight excluding hydrogens is 332 g/mol. The van der Waals surface area contributed by atoms with Crippen molar-refractivity contribution >= 4 is 27.3 Å². The van der Waals surface area contributed by atoms with E-state index in [0.717, 1.165) is 20.3 Å². The SMILES string of the molecule is CCNC(c1ccc(F)cc1F)c1sc(C)cc1Br. The molecule has 0 fully saturated rings. The molecule has 102 valence electrons.